The zero-order valence-electron chi connectivity index (χ0n) is 25.8. The zero-order chi connectivity index (χ0) is 33.6. The Hall–Kier alpha value is -3.00. The fraction of sp³-hybridized carbons (Fsp3) is 0.238. The van der Waals surface area contributed by atoms with Crippen LogP contribution >= 0.6 is 63.7 Å². The van der Waals surface area contributed by atoms with Gasteiger partial charge in [0.2, 0.25) is 0 Å². The van der Waals surface area contributed by atoms with Gasteiger partial charge in [0.25, 0.3) is 0 Å². The fourth-order valence-corrected chi connectivity index (χ4v) is 8.42. The average Bonchev–Trinajstić information content (AvgIpc) is 3.77. The second-order valence-electron chi connectivity index (χ2n) is 11.8. The third kappa shape index (κ3) is 6.95. The van der Waals surface area contributed by atoms with E-state index in [-0.39, 0.29) is 10.8 Å². The highest BCUT2D eigenvalue weighted by atomic mass is 79.9. The fourth-order valence-electron chi connectivity index (χ4n) is 6.97. The maximum atomic E-state index is 5.67. The minimum atomic E-state index is -0.290. The lowest BCUT2D eigenvalue weighted by Gasteiger charge is -2.28. The summed E-state index contributed by atoms with van der Waals surface area (Å²) in [7, 11) is 0. The molecule has 5 heteroatoms. The Kier molecular flexibility index (Phi) is 11.6. The zero-order valence-corrected chi connectivity index (χ0v) is 32.2. The highest BCUT2D eigenvalue weighted by Crippen LogP contribution is 2.55. The predicted molar refractivity (Wildman–Crippen MR) is 210 cm³/mol. The van der Waals surface area contributed by atoms with E-state index < -0.39 is 0 Å². The normalized spacial score (nSPS) is 15.0. The second-order valence-corrected chi connectivity index (χ2v) is 15.4. The van der Waals surface area contributed by atoms with E-state index in [1.165, 1.54) is 57.3 Å². The van der Waals surface area contributed by atoms with Gasteiger partial charge < -0.3 is 4.74 Å². The van der Waals surface area contributed by atoms with Crippen molar-refractivity contribution in [1.82, 2.24) is 0 Å². The highest BCUT2D eigenvalue weighted by molar-refractivity contribution is 9.11. The van der Waals surface area contributed by atoms with Crippen LogP contribution in [-0.2, 0) is 15.6 Å². The van der Waals surface area contributed by atoms with Crippen LogP contribution in [0.5, 0.6) is 0 Å². The first-order chi connectivity index (χ1) is 22.7. The molecule has 0 bridgehead atoms. The molecule has 0 spiro atoms. The molecule has 0 radical (unpaired) electrons. The Bertz CT molecular complexity index is 1690. The molecule has 0 saturated carbocycles. The summed E-state index contributed by atoms with van der Waals surface area (Å²) in [5.74, 6) is 11.3. The summed E-state index contributed by atoms with van der Waals surface area (Å²) in [6.45, 7) is 2.00. The lowest BCUT2D eigenvalue weighted by Crippen LogP contribution is -2.24. The van der Waals surface area contributed by atoms with Gasteiger partial charge in [-0.1, -0.05) is 88.0 Å². The summed E-state index contributed by atoms with van der Waals surface area (Å²) in [6.07, 6.45) is 27.6. The first kappa shape index (κ1) is 35.3. The third-order valence-corrected chi connectivity index (χ3v) is 11.0. The molecule has 4 aromatic rings. The number of hydrogen-bond donors (Lipinski definition) is 0. The molecule has 1 fully saturated rings. The molecule has 1 nitrogen and oxygen atoms in total. The topological polar surface area (TPSA) is 9.23 Å². The van der Waals surface area contributed by atoms with Crippen molar-refractivity contribution in [2.45, 2.75) is 49.4 Å². The van der Waals surface area contributed by atoms with Crippen LogP contribution in [0.4, 0.5) is 0 Å². The van der Waals surface area contributed by atoms with Gasteiger partial charge in [0.05, 0.1) is 0 Å². The molecule has 1 heterocycles. The summed E-state index contributed by atoms with van der Waals surface area (Å²) >= 11 is 14.3. The number of terminal acetylenes is 4. The lowest BCUT2D eigenvalue weighted by atomic mass is 9.73. The van der Waals surface area contributed by atoms with Crippen LogP contribution in [0.2, 0.25) is 0 Å². The maximum Gasteiger partial charge on any atom is 0.0466 e. The van der Waals surface area contributed by atoms with Gasteiger partial charge in [0, 0.05) is 67.6 Å². The molecule has 1 saturated heterocycles. The lowest BCUT2D eigenvalue weighted by molar-refractivity contribution is 0.198. The van der Waals surface area contributed by atoms with Crippen LogP contribution < -0.4 is 0 Å². The molecule has 0 amide bonds. The summed E-state index contributed by atoms with van der Waals surface area (Å²) in [5, 5.41) is 0. The van der Waals surface area contributed by atoms with E-state index in [4.69, 9.17) is 30.4 Å². The molecule has 0 atom stereocenters. The van der Waals surface area contributed by atoms with Gasteiger partial charge in [-0.3, -0.25) is 0 Å². The molecular weight excluding hydrogens is 840 g/mol. The van der Waals surface area contributed by atoms with Gasteiger partial charge in [-0.05, 0) is 106 Å². The molecule has 1 aliphatic heterocycles. The van der Waals surface area contributed by atoms with Crippen LogP contribution in [0, 0.1) is 49.4 Å². The van der Waals surface area contributed by atoms with Crippen molar-refractivity contribution in [3.8, 4) is 71.6 Å². The van der Waals surface area contributed by atoms with Crippen molar-refractivity contribution in [1.29, 1.82) is 0 Å². The molecule has 4 aromatic carbocycles. The van der Waals surface area contributed by atoms with Gasteiger partial charge in [-0.2, -0.15) is 0 Å². The van der Waals surface area contributed by atoms with Gasteiger partial charge >= 0.3 is 0 Å². The molecular formula is C42H32Br4O. The van der Waals surface area contributed by atoms with Crippen molar-refractivity contribution >= 4 is 63.7 Å². The molecule has 3 aliphatic rings. The van der Waals surface area contributed by atoms with E-state index in [0.29, 0.717) is 25.7 Å². The molecule has 7 rings (SSSR count). The van der Waals surface area contributed by atoms with Crippen LogP contribution in [0.25, 0.3) is 22.3 Å². The SMILES string of the molecule is C#CCC1(CC#C)c2cc(Br)ccc2-c2ccc(Br)cc21.C#CCC1(CC#C)c2cc(Br)ccc2-c2ccc(Br)cc21.C1CCOC1. The van der Waals surface area contributed by atoms with Gasteiger partial charge in [0.15, 0.2) is 0 Å². The minimum Gasteiger partial charge on any atom is -0.381 e. The van der Waals surface area contributed by atoms with Crippen LogP contribution in [0.15, 0.2) is 90.7 Å². The monoisotopic (exact) mass is 868 g/mol. The van der Waals surface area contributed by atoms with E-state index in [9.17, 15) is 0 Å². The second kappa shape index (κ2) is 15.5. The summed E-state index contributed by atoms with van der Waals surface area (Å²) in [4.78, 5) is 0. The summed E-state index contributed by atoms with van der Waals surface area (Å²) in [6, 6.07) is 25.4. The number of halogens is 4. The Balaban J connectivity index is 0.000000161. The van der Waals surface area contributed by atoms with Crippen molar-refractivity contribution < 1.29 is 4.74 Å². The van der Waals surface area contributed by atoms with Crippen molar-refractivity contribution in [2.75, 3.05) is 13.2 Å². The Morgan fingerprint density at radius 3 is 0.915 bits per heavy atom. The number of benzene rings is 4. The highest BCUT2D eigenvalue weighted by Gasteiger charge is 2.43. The Labute approximate surface area is 313 Å². The number of fused-ring (bicyclic) bond motifs is 6. The Morgan fingerprint density at radius 1 is 0.468 bits per heavy atom. The van der Waals surface area contributed by atoms with E-state index in [0.717, 1.165) is 31.1 Å². The molecule has 2 aliphatic carbocycles. The van der Waals surface area contributed by atoms with Crippen LogP contribution in [0.1, 0.15) is 60.8 Å². The standard InChI is InChI=1S/2C19H12Br2.C4H8O/c2*1-3-9-19(10-4-2)17-11-13(20)5-7-15(17)16-8-6-14(21)12-18(16)19;1-2-4-5-3-1/h2*1-2,5-8,11-12H,9-10H2;1-4H2. The largest absolute Gasteiger partial charge is 0.381 e. The van der Waals surface area contributed by atoms with E-state index in [1.807, 2.05) is 0 Å². The molecule has 0 unspecified atom stereocenters. The first-order valence-corrected chi connectivity index (χ1v) is 18.4. The quantitative estimate of drug-likeness (QED) is 0.186. The van der Waals surface area contributed by atoms with E-state index >= 15 is 0 Å². The summed E-state index contributed by atoms with van der Waals surface area (Å²) < 4.78 is 9.14. The number of ether oxygens (including phenoxy) is 1. The van der Waals surface area contributed by atoms with Crippen molar-refractivity contribution in [2.24, 2.45) is 0 Å². The third-order valence-electron chi connectivity index (χ3n) is 9.01. The van der Waals surface area contributed by atoms with Crippen LogP contribution in [0.3, 0.4) is 0 Å². The van der Waals surface area contributed by atoms with Gasteiger partial charge in [-0.15, -0.1) is 49.4 Å². The number of hydrogen-bond acceptors (Lipinski definition) is 1. The minimum absolute atomic E-state index is 0.290. The molecule has 47 heavy (non-hydrogen) atoms. The van der Waals surface area contributed by atoms with Crippen molar-refractivity contribution in [3.63, 3.8) is 0 Å². The smallest absolute Gasteiger partial charge is 0.0466 e. The van der Waals surface area contributed by atoms with E-state index in [2.05, 4.69) is 160 Å². The first-order valence-electron chi connectivity index (χ1n) is 15.3. The van der Waals surface area contributed by atoms with Crippen molar-refractivity contribution in [3.05, 3.63) is 113 Å². The predicted octanol–water partition coefficient (Wildman–Crippen LogP) is 11.8. The molecule has 0 aromatic heterocycles. The molecule has 234 valence electrons. The average molecular weight is 872 g/mol. The molecule has 0 N–H and O–H groups in total. The summed E-state index contributed by atoms with van der Waals surface area (Å²) in [5.41, 5.74) is 9.22. The van der Waals surface area contributed by atoms with Crippen LogP contribution in [-0.4, -0.2) is 13.2 Å². The Morgan fingerprint density at radius 2 is 0.723 bits per heavy atom. The van der Waals surface area contributed by atoms with Gasteiger partial charge in [-0.25, -0.2) is 0 Å². The maximum absolute atomic E-state index is 5.67. The van der Waals surface area contributed by atoms with E-state index in [1.54, 1.807) is 0 Å². The van der Waals surface area contributed by atoms with Gasteiger partial charge in [0.1, 0.15) is 0 Å². The number of rotatable bonds is 4.